The van der Waals surface area contributed by atoms with E-state index in [1.807, 2.05) is 60.7 Å². The first kappa shape index (κ1) is 15.5. The third kappa shape index (κ3) is 3.18. The Morgan fingerprint density at radius 2 is 1.83 bits per heavy atom. The fourth-order valence-electron chi connectivity index (χ4n) is 2.37. The molecule has 5 heteroatoms. The summed E-state index contributed by atoms with van der Waals surface area (Å²) in [7, 11) is 0. The van der Waals surface area contributed by atoms with Gasteiger partial charge in [-0.3, -0.25) is 4.79 Å². The van der Waals surface area contributed by atoms with Crippen molar-refractivity contribution in [1.82, 2.24) is 9.97 Å². The Morgan fingerprint density at radius 1 is 1.12 bits per heavy atom. The van der Waals surface area contributed by atoms with E-state index in [2.05, 4.69) is 9.97 Å². The zero-order chi connectivity index (χ0) is 16.9. The van der Waals surface area contributed by atoms with E-state index in [4.69, 9.17) is 10.00 Å². The molecule has 1 N–H and O–H groups in total. The van der Waals surface area contributed by atoms with Crippen LogP contribution >= 0.6 is 0 Å². The molecule has 0 fully saturated rings. The predicted molar refractivity (Wildman–Crippen MR) is 90.5 cm³/mol. The number of nitrogens with zero attached hydrogens (tertiary/aromatic N) is 2. The molecule has 0 aliphatic rings. The molecular weight excluding hydrogens is 302 g/mol. The van der Waals surface area contributed by atoms with Gasteiger partial charge in [-0.1, -0.05) is 42.5 Å². The Hall–Kier alpha value is -3.39. The number of para-hydroxylation sites is 1. The van der Waals surface area contributed by atoms with Gasteiger partial charge < -0.3 is 9.72 Å². The second-order valence-electron chi connectivity index (χ2n) is 5.26. The van der Waals surface area contributed by atoms with Crippen molar-refractivity contribution in [3.8, 4) is 23.2 Å². The standard InChI is InChI=1S/C19H15N3O2/c1-13-16(11-20)19(23)22-18(21-13)15-9-5-6-10-17(15)24-12-14-7-3-2-4-8-14/h2-10H,12H2,1H3,(H,21,22,23). The van der Waals surface area contributed by atoms with E-state index in [0.29, 0.717) is 29.4 Å². The van der Waals surface area contributed by atoms with Crippen LogP contribution in [0, 0.1) is 18.3 Å². The lowest BCUT2D eigenvalue weighted by Gasteiger charge is -2.11. The summed E-state index contributed by atoms with van der Waals surface area (Å²) in [6.07, 6.45) is 0. The van der Waals surface area contributed by atoms with Gasteiger partial charge in [-0.25, -0.2) is 4.98 Å². The molecule has 2 aromatic carbocycles. The Balaban J connectivity index is 1.95. The number of benzene rings is 2. The summed E-state index contributed by atoms with van der Waals surface area (Å²) in [5.74, 6) is 1.01. The summed E-state index contributed by atoms with van der Waals surface area (Å²) in [5.41, 5.74) is 1.70. The van der Waals surface area contributed by atoms with Crippen LogP contribution in [0.25, 0.3) is 11.4 Å². The highest BCUT2D eigenvalue weighted by molar-refractivity contribution is 5.64. The topological polar surface area (TPSA) is 78.8 Å². The fourth-order valence-corrected chi connectivity index (χ4v) is 2.37. The molecule has 0 saturated carbocycles. The number of aromatic amines is 1. The van der Waals surface area contributed by atoms with E-state index in [1.54, 1.807) is 6.92 Å². The Morgan fingerprint density at radius 3 is 2.54 bits per heavy atom. The van der Waals surface area contributed by atoms with Crippen molar-refractivity contribution in [3.63, 3.8) is 0 Å². The van der Waals surface area contributed by atoms with E-state index >= 15 is 0 Å². The minimum Gasteiger partial charge on any atom is -0.488 e. The predicted octanol–water partition coefficient (Wildman–Crippen LogP) is 3.20. The van der Waals surface area contributed by atoms with E-state index < -0.39 is 5.56 Å². The number of hydrogen-bond acceptors (Lipinski definition) is 4. The molecule has 0 aliphatic heterocycles. The van der Waals surface area contributed by atoms with Crippen molar-refractivity contribution in [3.05, 3.63) is 81.8 Å². The average molecular weight is 317 g/mol. The molecule has 0 spiro atoms. The maximum atomic E-state index is 12.0. The normalized spacial score (nSPS) is 10.2. The summed E-state index contributed by atoms with van der Waals surface area (Å²) < 4.78 is 5.89. The van der Waals surface area contributed by atoms with E-state index in [0.717, 1.165) is 5.56 Å². The van der Waals surface area contributed by atoms with Gasteiger partial charge in [0.15, 0.2) is 0 Å². The maximum absolute atomic E-state index is 12.0. The smallest absolute Gasteiger partial charge is 0.269 e. The molecule has 3 rings (SSSR count). The van der Waals surface area contributed by atoms with Crippen LogP contribution in [-0.4, -0.2) is 9.97 Å². The van der Waals surface area contributed by atoms with Gasteiger partial charge in [-0.05, 0) is 24.6 Å². The summed E-state index contributed by atoms with van der Waals surface area (Å²) >= 11 is 0. The largest absolute Gasteiger partial charge is 0.488 e. The molecule has 1 aromatic heterocycles. The van der Waals surface area contributed by atoms with Crippen LogP contribution in [0.2, 0.25) is 0 Å². The van der Waals surface area contributed by atoms with Gasteiger partial charge in [0.25, 0.3) is 5.56 Å². The van der Waals surface area contributed by atoms with Crippen molar-refractivity contribution < 1.29 is 4.74 Å². The number of nitrogens with one attached hydrogen (secondary N) is 1. The summed E-state index contributed by atoms with van der Waals surface area (Å²) in [6.45, 7) is 2.06. The third-order valence-corrected chi connectivity index (χ3v) is 3.59. The number of nitriles is 1. The SMILES string of the molecule is Cc1nc(-c2ccccc2OCc2ccccc2)[nH]c(=O)c1C#N. The zero-order valence-electron chi connectivity index (χ0n) is 13.1. The van der Waals surface area contributed by atoms with Gasteiger partial charge >= 0.3 is 0 Å². The van der Waals surface area contributed by atoms with Crippen LogP contribution in [0.1, 0.15) is 16.8 Å². The summed E-state index contributed by atoms with van der Waals surface area (Å²) in [5, 5.41) is 8.99. The maximum Gasteiger partial charge on any atom is 0.269 e. The molecule has 0 saturated heterocycles. The van der Waals surface area contributed by atoms with Gasteiger partial charge in [-0.2, -0.15) is 5.26 Å². The molecule has 0 amide bonds. The van der Waals surface area contributed by atoms with Gasteiger partial charge in [0, 0.05) is 0 Å². The van der Waals surface area contributed by atoms with E-state index in [1.165, 1.54) is 0 Å². The first-order valence-electron chi connectivity index (χ1n) is 7.46. The highest BCUT2D eigenvalue weighted by Gasteiger charge is 2.12. The van der Waals surface area contributed by atoms with Gasteiger partial charge in [0.05, 0.1) is 11.3 Å². The highest BCUT2D eigenvalue weighted by atomic mass is 16.5. The lowest BCUT2D eigenvalue weighted by Crippen LogP contribution is -2.15. The lowest BCUT2D eigenvalue weighted by atomic mass is 10.1. The van der Waals surface area contributed by atoms with Crippen LogP contribution in [0.3, 0.4) is 0 Å². The number of H-pyrrole nitrogens is 1. The van der Waals surface area contributed by atoms with Crippen LogP contribution < -0.4 is 10.3 Å². The molecule has 24 heavy (non-hydrogen) atoms. The molecular formula is C19H15N3O2. The fraction of sp³-hybridized carbons (Fsp3) is 0.105. The van der Waals surface area contributed by atoms with Gasteiger partial charge in [0.2, 0.25) is 0 Å². The number of rotatable bonds is 4. The van der Waals surface area contributed by atoms with Gasteiger partial charge in [-0.15, -0.1) is 0 Å². The summed E-state index contributed by atoms with van der Waals surface area (Å²) in [4.78, 5) is 19.0. The molecule has 0 bridgehead atoms. The lowest BCUT2D eigenvalue weighted by molar-refractivity contribution is 0.307. The van der Waals surface area contributed by atoms with Crippen molar-refractivity contribution >= 4 is 0 Å². The highest BCUT2D eigenvalue weighted by Crippen LogP contribution is 2.27. The molecule has 0 radical (unpaired) electrons. The van der Waals surface area contributed by atoms with E-state index in [-0.39, 0.29) is 5.56 Å². The van der Waals surface area contributed by atoms with Crippen molar-refractivity contribution in [2.75, 3.05) is 0 Å². The average Bonchev–Trinajstić information content (AvgIpc) is 2.61. The molecule has 3 aromatic rings. The van der Waals surface area contributed by atoms with Crippen molar-refractivity contribution in [2.24, 2.45) is 0 Å². The Kier molecular flexibility index (Phi) is 4.39. The number of hydrogen-bond donors (Lipinski definition) is 1. The van der Waals surface area contributed by atoms with Crippen LogP contribution in [-0.2, 0) is 6.61 Å². The number of aromatic nitrogens is 2. The zero-order valence-corrected chi connectivity index (χ0v) is 13.1. The quantitative estimate of drug-likeness (QED) is 0.801. The van der Waals surface area contributed by atoms with Crippen LogP contribution in [0.4, 0.5) is 0 Å². The minimum absolute atomic E-state index is 0.0291. The molecule has 0 atom stereocenters. The van der Waals surface area contributed by atoms with Crippen molar-refractivity contribution in [2.45, 2.75) is 13.5 Å². The molecule has 5 nitrogen and oxygen atoms in total. The third-order valence-electron chi connectivity index (χ3n) is 3.59. The summed E-state index contributed by atoms with van der Waals surface area (Å²) in [6, 6.07) is 19.0. The minimum atomic E-state index is -0.446. The monoisotopic (exact) mass is 317 g/mol. The van der Waals surface area contributed by atoms with Crippen LogP contribution in [0.15, 0.2) is 59.4 Å². The van der Waals surface area contributed by atoms with Gasteiger partial charge in [0.1, 0.15) is 29.8 Å². The Bertz CT molecular complexity index is 956. The second-order valence-corrected chi connectivity index (χ2v) is 5.26. The second kappa shape index (κ2) is 6.80. The first-order chi connectivity index (χ1) is 11.7. The van der Waals surface area contributed by atoms with E-state index in [9.17, 15) is 4.79 Å². The molecule has 0 aliphatic carbocycles. The van der Waals surface area contributed by atoms with Crippen LogP contribution in [0.5, 0.6) is 5.75 Å². The molecule has 118 valence electrons. The number of aryl methyl sites for hydroxylation is 1. The van der Waals surface area contributed by atoms with Crippen molar-refractivity contribution in [1.29, 1.82) is 5.26 Å². The molecule has 0 unspecified atom stereocenters. The molecule has 1 heterocycles. The Labute approximate surface area is 139 Å². The first-order valence-corrected chi connectivity index (χ1v) is 7.46. The number of ether oxygens (including phenoxy) is 1.